The number of ether oxygens (including phenoxy) is 1. The van der Waals surface area contributed by atoms with Gasteiger partial charge in [-0.2, -0.15) is 0 Å². The van der Waals surface area contributed by atoms with E-state index in [4.69, 9.17) is 4.74 Å². The third-order valence-electron chi connectivity index (χ3n) is 2.88. The number of aliphatic carboxylic acids is 1. The molecule has 0 aromatic carbocycles. The van der Waals surface area contributed by atoms with Crippen LogP contribution in [0.5, 0.6) is 0 Å². The molecule has 0 bridgehead atoms. The molecule has 1 rings (SSSR count). The van der Waals surface area contributed by atoms with Gasteiger partial charge in [0, 0.05) is 0 Å². The summed E-state index contributed by atoms with van der Waals surface area (Å²) < 4.78 is 5.67. The lowest BCUT2D eigenvalue weighted by Crippen LogP contribution is -2.58. The van der Waals surface area contributed by atoms with E-state index in [0.717, 1.165) is 12.8 Å². The van der Waals surface area contributed by atoms with Crippen molar-refractivity contribution in [3.05, 3.63) is 0 Å². The number of carboxylic acid groups (broad SMARTS) is 1. The first-order valence-electron chi connectivity index (χ1n) is 5.94. The van der Waals surface area contributed by atoms with Crippen molar-refractivity contribution in [2.24, 2.45) is 5.92 Å². The SMILES string of the molecule is CCNC(COC(C)(C)C)(C(=O)O)C1CC1. The van der Waals surface area contributed by atoms with Crippen molar-refractivity contribution in [1.82, 2.24) is 5.32 Å². The Morgan fingerprint density at radius 3 is 2.31 bits per heavy atom. The first kappa shape index (κ1) is 13.5. The van der Waals surface area contributed by atoms with E-state index in [1.165, 1.54) is 0 Å². The van der Waals surface area contributed by atoms with Crippen LogP contribution in [-0.4, -0.2) is 35.4 Å². The molecule has 1 unspecified atom stereocenters. The predicted octanol–water partition coefficient (Wildman–Crippen LogP) is 1.64. The normalized spacial score (nSPS) is 20.5. The molecule has 16 heavy (non-hydrogen) atoms. The summed E-state index contributed by atoms with van der Waals surface area (Å²) in [4.78, 5) is 11.5. The van der Waals surface area contributed by atoms with Crippen molar-refractivity contribution in [2.75, 3.05) is 13.2 Å². The average Bonchev–Trinajstić information content (AvgIpc) is 2.93. The largest absolute Gasteiger partial charge is 0.480 e. The van der Waals surface area contributed by atoms with Crippen LogP contribution in [0.1, 0.15) is 40.5 Å². The van der Waals surface area contributed by atoms with Crippen molar-refractivity contribution in [2.45, 2.75) is 51.7 Å². The van der Waals surface area contributed by atoms with E-state index in [1.807, 2.05) is 27.7 Å². The lowest BCUT2D eigenvalue weighted by Gasteiger charge is -2.33. The second-order valence-electron chi connectivity index (χ2n) is 5.48. The van der Waals surface area contributed by atoms with Crippen molar-refractivity contribution in [3.63, 3.8) is 0 Å². The van der Waals surface area contributed by atoms with Crippen LogP contribution in [0.25, 0.3) is 0 Å². The molecule has 0 amide bonds. The fourth-order valence-electron chi connectivity index (χ4n) is 1.85. The van der Waals surface area contributed by atoms with Crippen molar-refractivity contribution in [3.8, 4) is 0 Å². The topological polar surface area (TPSA) is 58.6 Å². The summed E-state index contributed by atoms with van der Waals surface area (Å²) in [5, 5.41) is 12.5. The van der Waals surface area contributed by atoms with Crippen molar-refractivity contribution in [1.29, 1.82) is 0 Å². The van der Waals surface area contributed by atoms with Gasteiger partial charge in [0.05, 0.1) is 12.2 Å². The molecule has 94 valence electrons. The van der Waals surface area contributed by atoms with Gasteiger partial charge in [0.15, 0.2) is 0 Å². The van der Waals surface area contributed by atoms with Gasteiger partial charge in [-0.25, -0.2) is 0 Å². The molecule has 1 fully saturated rings. The molecule has 0 saturated heterocycles. The summed E-state index contributed by atoms with van der Waals surface area (Å²) in [5.41, 5.74) is -1.19. The van der Waals surface area contributed by atoms with E-state index in [0.29, 0.717) is 6.54 Å². The summed E-state index contributed by atoms with van der Waals surface area (Å²) in [7, 11) is 0. The molecule has 1 aliphatic rings. The van der Waals surface area contributed by atoms with E-state index < -0.39 is 11.5 Å². The highest BCUT2D eigenvalue weighted by molar-refractivity contribution is 5.80. The Labute approximate surface area is 97.4 Å². The third-order valence-corrected chi connectivity index (χ3v) is 2.88. The van der Waals surface area contributed by atoms with E-state index in [9.17, 15) is 9.90 Å². The molecule has 1 atom stereocenters. The van der Waals surface area contributed by atoms with Gasteiger partial charge in [0.25, 0.3) is 0 Å². The third kappa shape index (κ3) is 3.19. The number of nitrogens with one attached hydrogen (secondary N) is 1. The number of carbonyl (C=O) groups is 1. The summed E-state index contributed by atoms with van der Waals surface area (Å²) in [6.07, 6.45) is 1.96. The lowest BCUT2D eigenvalue weighted by molar-refractivity contribution is -0.152. The fourth-order valence-corrected chi connectivity index (χ4v) is 1.85. The van der Waals surface area contributed by atoms with Gasteiger partial charge in [-0.1, -0.05) is 6.92 Å². The number of rotatable bonds is 6. The monoisotopic (exact) mass is 229 g/mol. The molecule has 4 nitrogen and oxygen atoms in total. The average molecular weight is 229 g/mol. The molecular weight excluding hydrogens is 206 g/mol. The first-order chi connectivity index (χ1) is 7.32. The van der Waals surface area contributed by atoms with E-state index >= 15 is 0 Å². The maximum absolute atomic E-state index is 11.5. The van der Waals surface area contributed by atoms with Gasteiger partial charge in [0.1, 0.15) is 5.54 Å². The second kappa shape index (κ2) is 4.72. The van der Waals surface area contributed by atoms with E-state index in [-0.39, 0.29) is 18.1 Å². The van der Waals surface area contributed by atoms with Crippen LogP contribution >= 0.6 is 0 Å². The molecular formula is C12H23NO3. The quantitative estimate of drug-likeness (QED) is 0.727. The molecule has 4 heteroatoms. The highest BCUT2D eigenvalue weighted by atomic mass is 16.5. The zero-order valence-corrected chi connectivity index (χ0v) is 10.7. The summed E-state index contributed by atoms with van der Waals surface area (Å²) in [6, 6.07) is 0. The highest BCUT2D eigenvalue weighted by Crippen LogP contribution is 2.40. The minimum Gasteiger partial charge on any atom is -0.480 e. The maximum atomic E-state index is 11.5. The second-order valence-corrected chi connectivity index (χ2v) is 5.48. The number of hydrogen-bond acceptors (Lipinski definition) is 3. The van der Waals surface area contributed by atoms with Crippen LogP contribution in [-0.2, 0) is 9.53 Å². The van der Waals surface area contributed by atoms with Crippen LogP contribution in [0.3, 0.4) is 0 Å². The Morgan fingerprint density at radius 1 is 1.44 bits per heavy atom. The molecule has 1 aliphatic carbocycles. The maximum Gasteiger partial charge on any atom is 0.326 e. The Balaban J connectivity index is 2.72. The number of hydrogen-bond donors (Lipinski definition) is 2. The highest BCUT2D eigenvalue weighted by Gasteiger charge is 2.51. The zero-order chi connectivity index (χ0) is 12.4. The van der Waals surface area contributed by atoms with Gasteiger partial charge >= 0.3 is 5.97 Å². The Kier molecular flexibility index (Phi) is 3.97. The van der Waals surface area contributed by atoms with Crippen LogP contribution < -0.4 is 5.32 Å². The van der Waals surface area contributed by atoms with Gasteiger partial charge in [-0.3, -0.25) is 10.1 Å². The Hall–Kier alpha value is -0.610. The van der Waals surface area contributed by atoms with E-state index in [1.54, 1.807) is 0 Å². The van der Waals surface area contributed by atoms with Gasteiger partial charge in [-0.15, -0.1) is 0 Å². The summed E-state index contributed by atoms with van der Waals surface area (Å²) in [5.74, 6) is -0.576. The van der Waals surface area contributed by atoms with Gasteiger partial charge < -0.3 is 9.84 Å². The summed E-state index contributed by atoms with van der Waals surface area (Å²) >= 11 is 0. The molecule has 0 aromatic heterocycles. The molecule has 1 saturated carbocycles. The Bertz CT molecular complexity index is 255. The minimum absolute atomic E-state index is 0.215. The molecule has 0 aromatic rings. The molecule has 2 N–H and O–H groups in total. The van der Waals surface area contributed by atoms with Crippen molar-refractivity contribution >= 4 is 5.97 Å². The minimum atomic E-state index is -0.887. The van der Waals surface area contributed by atoms with Crippen LogP contribution in [0, 0.1) is 5.92 Å². The van der Waals surface area contributed by atoms with Crippen molar-refractivity contribution < 1.29 is 14.6 Å². The molecule has 0 heterocycles. The fraction of sp³-hybridized carbons (Fsp3) is 0.917. The van der Waals surface area contributed by atoms with Crippen LogP contribution in [0.2, 0.25) is 0 Å². The van der Waals surface area contributed by atoms with Crippen LogP contribution in [0.4, 0.5) is 0 Å². The first-order valence-corrected chi connectivity index (χ1v) is 5.94. The molecule has 0 spiro atoms. The smallest absolute Gasteiger partial charge is 0.326 e. The lowest BCUT2D eigenvalue weighted by atomic mass is 9.94. The summed E-state index contributed by atoms with van der Waals surface area (Å²) in [6.45, 7) is 8.65. The van der Waals surface area contributed by atoms with Gasteiger partial charge in [-0.05, 0) is 46.1 Å². The Morgan fingerprint density at radius 2 is 2.00 bits per heavy atom. The molecule has 0 aliphatic heterocycles. The zero-order valence-electron chi connectivity index (χ0n) is 10.7. The number of likely N-dealkylation sites (N-methyl/N-ethyl adjacent to an activating group) is 1. The predicted molar refractivity (Wildman–Crippen MR) is 62.5 cm³/mol. The number of carboxylic acids is 1. The van der Waals surface area contributed by atoms with Gasteiger partial charge in [0.2, 0.25) is 0 Å². The molecule has 0 radical (unpaired) electrons. The van der Waals surface area contributed by atoms with E-state index in [2.05, 4.69) is 5.32 Å². The standard InChI is InChI=1S/C12H23NO3/c1-5-13-12(10(14)15,9-6-7-9)8-16-11(2,3)4/h9,13H,5-8H2,1-4H3,(H,14,15). The van der Waals surface area contributed by atoms with Crippen LogP contribution in [0.15, 0.2) is 0 Å².